The molecule has 1 aromatic heterocycles. The number of amides is 1. The van der Waals surface area contributed by atoms with Crippen LogP contribution >= 0.6 is 11.6 Å². The van der Waals surface area contributed by atoms with Crippen LogP contribution < -0.4 is 16.0 Å². The predicted molar refractivity (Wildman–Crippen MR) is 152 cm³/mol. The highest BCUT2D eigenvalue weighted by Crippen LogP contribution is 2.40. The first-order chi connectivity index (χ1) is 18.3. The van der Waals surface area contributed by atoms with E-state index in [1.54, 1.807) is 6.20 Å². The molecule has 38 heavy (non-hydrogen) atoms. The van der Waals surface area contributed by atoms with Crippen LogP contribution in [0.15, 0.2) is 42.6 Å². The highest BCUT2D eigenvalue weighted by molar-refractivity contribution is 6.32. The number of aliphatic hydroxyl groups excluding tert-OH is 1. The lowest BCUT2D eigenvalue weighted by atomic mass is 9.83. The number of piperidine rings is 1. The molecule has 8 nitrogen and oxygen atoms in total. The maximum atomic E-state index is 12.4. The van der Waals surface area contributed by atoms with Crippen molar-refractivity contribution in [3.8, 4) is 0 Å². The van der Waals surface area contributed by atoms with Crippen LogP contribution in [0.1, 0.15) is 54.9 Å². The van der Waals surface area contributed by atoms with Crippen molar-refractivity contribution in [1.82, 2.24) is 14.9 Å². The second-order valence-electron chi connectivity index (χ2n) is 10.7. The average Bonchev–Trinajstić information content (AvgIpc) is 3.14. The summed E-state index contributed by atoms with van der Waals surface area (Å²) in [4.78, 5) is 23.8. The number of fused-ring (bicyclic) bond motifs is 1. The SMILES string of the molecule is Cc1cc(C2CCCN(CCO)C2)ccc1Nc1ncc(Cl)c(NCc2cccc3c2C(C)(C)C(=O)N3)n1. The van der Waals surface area contributed by atoms with Crippen LogP contribution in [0.5, 0.6) is 0 Å². The van der Waals surface area contributed by atoms with Crippen molar-refractivity contribution in [3.63, 3.8) is 0 Å². The Kier molecular flexibility index (Phi) is 7.56. The van der Waals surface area contributed by atoms with Gasteiger partial charge in [0.05, 0.1) is 18.2 Å². The van der Waals surface area contributed by atoms with Gasteiger partial charge in [-0.05, 0) is 80.5 Å². The van der Waals surface area contributed by atoms with Gasteiger partial charge in [-0.15, -0.1) is 0 Å². The van der Waals surface area contributed by atoms with Crippen LogP contribution in [0.4, 0.5) is 23.1 Å². The number of aryl methyl sites for hydroxylation is 1. The van der Waals surface area contributed by atoms with Crippen molar-refractivity contribution in [1.29, 1.82) is 0 Å². The normalized spacial score (nSPS) is 18.7. The molecular weight excluding hydrogens is 500 g/mol. The molecular formula is C29H35ClN6O2. The monoisotopic (exact) mass is 534 g/mol. The van der Waals surface area contributed by atoms with Crippen LogP contribution in [0.3, 0.4) is 0 Å². The molecule has 0 aliphatic carbocycles. The van der Waals surface area contributed by atoms with Crippen molar-refractivity contribution < 1.29 is 9.90 Å². The molecule has 2 aromatic carbocycles. The Hall–Kier alpha value is -3.20. The lowest BCUT2D eigenvalue weighted by molar-refractivity contribution is -0.119. The van der Waals surface area contributed by atoms with Gasteiger partial charge in [0.1, 0.15) is 5.02 Å². The summed E-state index contributed by atoms with van der Waals surface area (Å²) in [7, 11) is 0. The zero-order chi connectivity index (χ0) is 26.9. The van der Waals surface area contributed by atoms with Crippen LogP contribution in [0.2, 0.25) is 5.02 Å². The van der Waals surface area contributed by atoms with Crippen molar-refractivity contribution in [2.45, 2.75) is 51.5 Å². The van der Waals surface area contributed by atoms with Crippen molar-refractivity contribution in [3.05, 3.63) is 69.9 Å². The molecule has 1 amide bonds. The van der Waals surface area contributed by atoms with Gasteiger partial charge in [-0.3, -0.25) is 4.79 Å². The van der Waals surface area contributed by atoms with Crippen molar-refractivity contribution >= 4 is 40.6 Å². The van der Waals surface area contributed by atoms with Gasteiger partial charge < -0.3 is 26.0 Å². The Labute approximate surface area is 228 Å². The van der Waals surface area contributed by atoms with E-state index in [0.717, 1.165) is 60.5 Å². The average molecular weight is 535 g/mol. The minimum absolute atomic E-state index is 0.00105. The van der Waals surface area contributed by atoms with Gasteiger partial charge in [0.2, 0.25) is 11.9 Å². The molecule has 9 heteroatoms. The molecule has 4 N–H and O–H groups in total. The molecule has 1 fully saturated rings. The molecule has 0 radical (unpaired) electrons. The van der Waals surface area contributed by atoms with E-state index in [2.05, 4.69) is 55.9 Å². The van der Waals surface area contributed by atoms with Crippen LogP contribution in [0, 0.1) is 6.92 Å². The molecule has 5 rings (SSSR count). The van der Waals surface area contributed by atoms with E-state index in [1.807, 2.05) is 32.0 Å². The van der Waals surface area contributed by atoms with E-state index in [9.17, 15) is 9.90 Å². The summed E-state index contributed by atoms with van der Waals surface area (Å²) < 4.78 is 0. The molecule has 0 bridgehead atoms. The standard InChI is InChI=1S/C29H35ClN6O2/c1-18-14-19(21-7-5-11-36(17-21)12-13-37)9-10-23(18)34-28-32-16-22(30)26(35-28)31-15-20-6-4-8-24-25(20)29(2,3)27(38)33-24/h4,6,8-10,14,16,21,37H,5,7,11-13,15,17H2,1-3H3,(H,33,38)(H2,31,32,34,35). The zero-order valence-corrected chi connectivity index (χ0v) is 22.9. The maximum Gasteiger partial charge on any atom is 0.234 e. The summed E-state index contributed by atoms with van der Waals surface area (Å²) in [6.45, 7) is 9.40. The zero-order valence-electron chi connectivity index (χ0n) is 22.1. The number of carbonyl (C=O) groups excluding carboxylic acids is 1. The summed E-state index contributed by atoms with van der Waals surface area (Å²) in [5.74, 6) is 1.45. The van der Waals surface area contributed by atoms with Crippen molar-refractivity contribution in [2.75, 3.05) is 42.2 Å². The molecule has 1 unspecified atom stereocenters. The lowest BCUT2D eigenvalue weighted by Crippen LogP contribution is -2.36. The minimum Gasteiger partial charge on any atom is -0.395 e. The van der Waals surface area contributed by atoms with E-state index < -0.39 is 5.41 Å². The number of likely N-dealkylation sites (tertiary alicyclic amines) is 1. The van der Waals surface area contributed by atoms with E-state index >= 15 is 0 Å². The molecule has 2 aliphatic heterocycles. The highest BCUT2D eigenvalue weighted by atomic mass is 35.5. The van der Waals surface area contributed by atoms with Gasteiger partial charge in [-0.25, -0.2) is 4.98 Å². The summed E-state index contributed by atoms with van der Waals surface area (Å²) in [6, 6.07) is 12.4. The van der Waals surface area contributed by atoms with Crippen LogP contribution in [-0.2, 0) is 16.8 Å². The smallest absolute Gasteiger partial charge is 0.234 e. The number of hydrogen-bond acceptors (Lipinski definition) is 7. The lowest BCUT2D eigenvalue weighted by Gasteiger charge is -2.32. The summed E-state index contributed by atoms with van der Waals surface area (Å²) in [6.07, 6.45) is 3.90. The first kappa shape index (κ1) is 26.4. The molecule has 2 aliphatic rings. The molecule has 200 valence electrons. The second kappa shape index (κ2) is 10.9. The maximum absolute atomic E-state index is 12.4. The Morgan fingerprint density at radius 2 is 2.11 bits per heavy atom. The fourth-order valence-electron chi connectivity index (χ4n) is 5.59. The Bertz CT molecular complexity index is 1340. The number of hydrogen-bond donors (Lipinski definition) is 4. The van der Waals surface area contributed by atoms with Crippen LogP contribution in [0.25, 0.3) is 0 Å². The molecule has 3 heterocycles. The minimum atomic E-state index is -0.603. The van der Waals surface area contributed by atoms with Gasteiger partial charge >= 0.3 is 0 Å². The fraction of sp³-hybridized carbons (Fsp3) is 0.414. The summed E-state index contributed by atoms with van der Waals surface area (Å²) in [5, 5.41) is 19.4. The predicted octanol–water partition coefficient (Wildman–Crippen LogP) is 5.20. The van der Waals surface area contributed by atoms with Gasteiger partial charge in [0, 0.05) is 31.0 Å². The number of nitrogens with zero attached hydrogens (tertiary/aromatic N) is 3. The van der Waals surface area contributed by atoms with Crippen molar-refractivity contribution in [2.24, 2.45) is 0 Å². The number of carbonyl (C=O) groups is 1. The first-order valence-corrected chi connectivity index (χ1v) is 13.5. The third-order valence-electron chi connectivity index (χ3n) is 7.67. The van der Waals surface area contributed by atoms with Crippen LogP contribution in [-0.4, -0.2) is 52.1 Å². The highest BCUT2D eigenvalue weighted by Gasteiger charge is 2.39. The number of nitrogens with one attached hydrogen (secondary N) is 3. The number of benzene rings is 2. The van der Waals surface area contributed by atoms with Gasteiger partial charge in [-0.1, -0.05) is 35.9 Å². The summed E-state index contributed by atoms with van der Waals surface area (Å²) >= 11 is 6.43. The Balaban J connectivity index is 1.29. The summed E-state index contributed by atoms with van der Waals surface area (Å²) in [5.41, 5.74) is 5.64. The molecule has 1 atom stereocenters. The quantitative estimate of drug-likeness (QED) is 0.315. The number of halogens is 1. The Morgan fingerprint density at radius 1 is 1.26 bits per heavy atom. The topological polar surface area (TPSA) is 102 Å². The first-order valence-electron chi connectivity index (χ1n) is 13.2. The third-order valence-corrected chi connectivity index (χ3v) is 7.95. The number of aliphatic hydroxyl groups is 1. The Morgan fingerprint density at radius 3 is 2.89 bits per heavy atom. The van der Waals surface area contributed by atoms with E-state index in [0.29, 0.717) is 29.3 Å². The van der Waals surface area contributed by atoms with E-state index in [-0.39, 0.29) is 12.5 Å². The van der Waals surface area contributed by atoms with Gasteiger partial charge in [0.15, 0.2) is 5.82 Å². The van der Waals surface area contributed by atoms with Gasteiger partial charge in [0.25, 0.3) is 0 Å². The number of rotatable bonds is 8. The van der Waals surface area contributed by atoms with Gasteiger partial charge in [-0.2, -0.15) is 4.98 Å². The molecule has 0 spiro atoms. The van der Waals surface area contributed by atoms with E-state index in [4.69, 9.17) is 11.6 Å². The fourth-order valence-corrected chi connectivity index (χ4v) is 5.74. The van der Waals surface area contributed by atoms with E-state index in [1.165, 1.54) is 5.56 Å². The number of β-amino-alcohol motifs (C(OH)–C–C–N with tert-alkyl or cyclic N) is 1. The second-order valence-corrected chi connectivity index (χ2v) is 11.1. The third kappa shape index (κ3) is 5.34. The number of anilines is 4. The molecule has 3 aromatic rings. The molecule has 1 saturated heterocycles. The largest absolute Gasteiger partial charge is 0.395 e. The molecule has 0 saturated carbocycles. The number of aromatic nitrogens is 2.